The Morgan fingerprint density at radius 3 is 2.46 bits per heavy atom. The maximum atomic E-state index is 16.1. The van der Waals surface area contributed by atoms with Crippen LogP contribution in [0.4, 0.5) is 8.78 Å². The van der Waals surface area contributed by atoms with Gasteiger partial charge in [-0.15, -0.1) is 0 Å². The van der Waals surface area contributed by atoms with Crippen LogP contribution >= 0.6 is 7.75 Å². The van der Waals surface area contributed by atoms with E-state index in [1.807, 2.05) is 33.9 Å². The van der Waals surface area contributed by atoms with Crippen LogP contribution in [0.1, 0.15) is 39.1 Å². The summed E-state index contributed by atoms with van der Waals surface area (Å²) in [6.45, 7) is 10.3. The van der Waals surface area contributed by atoms with E-state index < -0.39 is 69.8 Å². The normalized spacial score (nSPS) is 26.0. The molecule has 5 atom stereocenters. The average Bonchev–Trinajstić information content (AvgIpc) is 3.37. The minimum absolute atomic E-state index is 0.114. The molecule has 11 nitrogen and oxygen atoms in total. The first-order valence-corrected chi connectivity index (χ1v) is 17.7. The molecule has 0 amide bonds. The van der Waals surface area contributed by atoms with Crippen LogP contribution in [0, 0.1) is 6.92 Å². The van der Waals surface area contributed by atoms with Gasteiger partial charge in [0.2, 0.25) is 6.23 Å². The number of hydrogen-bond donors (Lipinski definition) is 1. The van der Waals surface area contributed by atoms with Crippen molar-refractivity contribution in [2.75, 3.05) is 13.2 Å². The molecule has 4 rings (SSSR count). The molecule has 0 spiro atoms. The second-order valence-electron chi connectivity index (χ2n) is 11.6. The lowest BCUT2D eigenvalue weighted by Crippen LogP contribution is -2.52. The zero-order chi connectivity index (χ0) is 30.2. The van der Waals surface area contributed by atoms with E-state index in [1.54, 1.807) is 25.1 Å². The van der Waals surface area contributed by atoms with Crippen molar-refractivity contribution in [1.82, 2.24) is 14.6 Å². The summed E-state index contributed by atoms with van der Waals surface area (Å²) < 4.78 is 75.0. The molecule has 1 unspecified atom stereocenters. The molecule has 3 heterocycles. The molecular weight excluding hydrogens is 579 g/mol. The van der Waals surface area contributed by atoms with E-state index in [-0.39, 0.29) is 18.8 Å². The van der Waals surface area contributed by atoms with Gasteiger partial charge >= 0.3 is 25.3 Å². The van der Waals surface area contributed by atoms with Gasteiger partial charge in [-0.3, -0.25) is 13.9 Å². The fourth-order valence-corrected chi connectivity index (χ4v) is 6.94. The first-order chi connectivity index (χ1) is 19.0. The van der Waals surface area contributed by atoms with E-state index in [0.29, 0.717) is 10.3 Å². The number of nitrogens with one attached hydrogen (secondary N) is 1. The highest BCUT2D eigenvalue weighted by molar-refractivity contribution is 7.52. The summed E-state index contributed by atoms with van der Waals surface area (Å²) in [5.41, 5.74) is -0.557. The van der Waals surface area contributed by atoms with Gasteiger partial charge < -0.3 is 18.4 Å². The van der Waals surface area contributed by atoms with Gasteiger partial charge in [0.05, 0.1) is 13.2 Å². The maximum Gasteiger partial charge on any atom is 0.459 e. The topological polar surface area (TPSA) is 127 Å². The van der Waals surface area contributed by atoms with Crippen molar-refractivity contribution in [3.05, 3.63) is 58.8 Å². The molecule has 1 aromatic carbocycles. The van der Waals surface area contributed by atoms with E-state index in [9.17, 15) is 14.2 Å². The highest BCUT2D eigenvalue weighted by Crippen LogP contribution is 2.50. The predicted octanol–water partition coefficient (Wildman–Crippen LogP) is 4.58. The molecule has 0 saturated carbocycles. The maximum absolute atomic E-state index is 16.1. The number of hydrogen-bond acceptors (Lipinski definition) is 9. The first kappa shape index (κ1) is 31.5. The van der Waals surface area contributed by atoms with Gasteiger partial charge in [-0.05, 0) is 43.3 Å². The Hall–Kier alpha value is -2.48. The summed E-state index contributed by atoms with van der Waals surface area (Å²) in [5.74, 6) is -4.17. The van der Waals surface area contributed by atoms with Crippen molar-refractivity contribution in [3.63, 3.8) is 0 Å². The Labute approximate surface area is 238 Å². The van der Waals surface area contributed by atoms with E-state index in [1.165, 1.54) is 24.4 Å². The summed E-state index contributed by atoms with van der Waals surface area (Å²) in [6.07, 6.45) is -3.98. The lowest BCUT2D eigenvalue weighted by atomic mass is 10.1. The monoisotopic (exact) mass is 615 g/mol. The number of alkyl halides is 2. The standard InChI is InChI=1S/C26H36F2N3O8PSi/c1-17-12-14-31(24(33)29-17)23-26(27,28)21(39-41(5,6)25(2,3)4)20(37-23)16-36-40(34,30-19-13-15-35-22(19)32)38-18-10-8-7-9-11-18/h7-12,14,19-21,23H,13,15-16H2,1-6H3,(H,30,34)/t19-,20+,21+,23+,40?/m0/s1. The highest BCUT2D eigenvalue weighted by Gasteiger charge is 2.63. The quantitative estimate of drug-likeness (QED) is 0.230. The number of para-hydroxylation sites is 1. The van der Waals surface area contributed by atoms with E-state index >= 15 is 8.78 Å². The molecule has 2 fully saturated rings. The molecule has 1 aromatic heterocycles. The van der Waals surface area contributed by atoms with Crippen molar-refractivity contribution >= 4 is 22.0 Å². The van der Waals surface area contributed by atoms with Crippen molar-refractivity contribution < 1.29 is 41.1 Å². The molecule has 2 aliphatic rings. The molecule has 0 radical (unpaired) electrons. The van der Waals surface area contributed by atoms with Crippen LogP contribution < -0.4 is 15.3 Å². The zero-order valence-electron chi connectivity index (χ0n) is 23.8. The van der Waals surface area contributed by atoms with Crippen LogP contribution in [0.25, 0.3) is 0 Å². The summed E-state index contributed by atoms with van der Waals surface area (Å²) in [5, 5.41) is 2.14. The summed E-state index contributed by atoms with van der Waals surface area (Å²) >= 11 is 0. The molecule has 2 saturated heterocycles. The van der Waals surface area contributed by atoms with Crippen LogP contribution in [0.5, 0.6) is 5.75 Å². The van der Waals surface area contributed by atoms with Crippen LogP contribution in [0.2, 0.25) is 18.1 Å². The van der Waals surface area contributed by atoms with Crippen molar-refractivity contribution in [3.8, 4) is 5.75 Å². The number of rotatable bonds is 10. The van der Waals surface area contributed by atoms with Gasteiger partial charge in [0, 0.05) is 18.3 Å². The molecule has 41 heavy (non-hydrogen) atoms. The number of aryl methyl sites for hydroxylation is 1. The number of carbonyl (C=O) groups is 1. The Morgan fingerprint density at radius 2 is 1.88 bits per heavy atom. The first-order valence-electron chi connectivity index (χ1n) is 13.2. The Kier molecular flexibility index (Phi) is 8.94. The fraction of sp³-hybridized carbons (Fsp3) is 0.577. The molecule has 2 aliphatic heterocycles. The minimum Gasteiger partial charge on any atom is -0.464 e. The lowest BCUT2D eigenvalue weighted by molar-refractivity contribution is -0.139. The number of nitrogens with zero attached hydrogens (tertiary/aromatic N) is 2. The summed E-state index contributed by atoms with van der Waals surface area (Å²) in [4.78, 5) is 28.4. The molecular formula is C26H36F2N3O8PSi. The number of aromatic nitrogens is 2. The van der Waals surface area contributed by atoms with Crippen LogP contribution in [0.15, 0.2) is 47.4 Å². The van der Waals surface area contributed by atoms with Crippen LogP contribution in [-0.2, 0) is 27.8 Å². The third kappa shape index (κ3) is 6.95. The highest BCUT2D eigenvalue weighted by atomic mass is 31.2. The third-order valence-corrected chi connectivity index (χ3v) is 13.5. The lowest BCUT2D eigenvalue weighted by Gasteiger charge is -2.40. The largest absolute Gasteiger partial charge is 0.464 e. The van der Waals surface area contributed by atoms with E-state index in [0.717, 1.165) is 0 Å². The predicted molar refractivity (Wildman–Crippen MR) is 147 cm³/mol. The molecule has 226 valence electrons. The number of ether oxygens (including phenoxy) is 2. The number of benzene rings is 1. The average molecular weight is 616 g/mol. The summed E-state index contributed by atoms with van der Waals surface area (Å²) in [7, 11) is -7.16. The molecule has 15 heteroatoms. The van der Waals surface area contributed by atoms with Gasteiger partial charge in [0.1, 0.15) is 24.0 Å². The van der Waals surface area contributed by atoms with Crippen LogP contribution in [-0.4, -0.2) is 61.2 Å². The van der Waals surface area contributed by atoms with Gasteiger partial charge in [-0.2, -0.15) is 18.9 Å². The number of halogens is 2. The van der Waals surface area contributed by atoms with Gasteiger partial charge in [-0.1, -0.05) is 39.0 Å². The molecule has 1 N–H and O–H groups in total. The van der Waals surface area contributed by atoms with E-state index in [2.05, 4.69) is 10.1 Å². The summed E-state index contributed by atoms with van der Waals surface area (Å²) in [6, 6.07) is 8.50. The molecule has 0 bridgehead atoms. The van der Waals surface area contributed by atoms with Crippen molar-refractivity contribution in [2.24, 2.45) is 0 Å². The van der Waals surface area contributed by atoms with Gasteiger partial charge in [-0.25, -0.2) is 9.36 Å². The Morgan fingerprint density at radius 1 is 1.20 bits per heavy atom. The Balaban J connectivity index is 1.66. The SMILES string of the molecule is Cc1ccn([C@@H]2O[C@H](COP(=O)(N[C@H]3CCOC3=O)Oc3ccccc3)[C@@H](O[Si](C)(C)C(C)(C)C)C2(F)F)c(=O)n1. The third-order valence-electron chi connectivity index (χ3n) is 7.43. The smallest absolute Gasteiger partial charge is 0.459 e. The fourth-order valence-electron chi connectivity index (χ4n) is 4.10. The molecule has 0 aliphatic carbocycles. The zero-order valence-corrected chi connectivity index (χ0v) is 25.7. The minimum atomic E-state index is -4.34. The van der Waals surface area contributed by atoms with Gasteiger partial charge in [0.25, 0.3) is 0 Å². The van der Waals surface area contributed by atoms with E-state index in [4.69, 9.17) is 22.9 Å². The van der Waals surface area contributed by atoms with Gasteiger partial charge in [0.15, 0.2) is 8.32 Å². The second-order valence-corrected chi connectivity index (χ2v) is 18.0. The van der Waals surface area contributed by atoms with Crippen molar-refractivity contribution in [2.45, 2.75) is 82.6 Å². The number of cyclic esters (lactones) is 1. The Bertz CT molecular complexity index is 1350. The number of carbonyl (C=O) groups excluding carboxylic acids is 1. The second kappa shape index (κ2) is 11.7. The van der Waals surface area contributed by atoms with Crippen molar-refractivity contribution in [1.29, 1.82) is 0 Å². The molecule has 2 aromatic rings. The van der Waals surface area contributed by atoms with Crippen LogP contribution in [0.3, 0.4) is 0 Å². The number of esters is 1.